The minimum absolute atomic E-state index is 0.0195. The monoisotopic (exact) mass is 445 g/mol. The van der Waals surface area contributed by atoms with Gasteiger partial charge in [-0.2, -0.15) is 5.10 Å². The number of rotatable bonds is 5. The van der Waals surface area contributed by atoms with Crippen molar-refractivity contribution in [3.8, 4) is 11.1 Å². The molecule has 4 aromatic rings. The molecule has 1 aliphatic heterocycles. The molecule has 2 aromatic heterocycles. The van der Waals surface area contributed by atoms with E-state index in [1.165, 1.54) is 0 Å². The lowest BCUT2D eigenvalue weighted by Crippen LogP contribution is -2.25. The van der Waals surface area contributed by atoms with Crippen molar-refractivity contribution in [3.05, 3.63) is 78.4 Å². The van der Waals surface area contributed by atoms with Crippen molar-refractivity contribution >= 4 is 27.8 Å². The van der Waals surface area contributed by atoms with Crippen LogP contribution >= 0.6 is 0 Å². The van der Waals surface area contributed by atoms with Crippen molar-refractivity contribution in [1.82, 2.24) is 20.1 Å². The van der Waals surface area contributed by atoms with E-state index in [1.807, 2.05) is 37.6 Å². The highest BCUT2D eigenvalue weighted by atomic mass is 19.3. The van der Waals surface area contributed by atoms with Crippen LogP contribution in [-0.2, 0) is 13.5 Å². The number of aryl methyl sites for hydroxylation is 2. The van der Waals surface area contributed by atoms with Crippen LogP contribution in [0.4, 0.5) is 20.2 Å². The summed E-state index contributed by atoms with van der Waals surface area (Å²) in [5, 5.41) is 9.27. The first-order valence-electron chi connectivity index (χ1n) is 10.9. The van der Waals surface area contributed by atoms with Crippen molar-refractivity contribution in [3.63, 3.8) is 0 Å². The molecule has 0 aliphatic carbocycles. The number of alkyl halides is 2. The lowest BCUT2D eigenvalue weighted by molar-refractivity contribution is 0.152. The minimum atomic E-state index is -2.59. The quantitative estimate of drug-likeness (QED) is 0.419. The fraction of sp³-hybridized carbons (Fsp3) is 0.231. The smallest absolute Gasteiger partial charge is 0.264 e. The van der Waals surface area contributed by atoms with E-state index in [4.69, 9.17) is 0 Å². The highest BCUT2D eigenvalue weighted by Crippen LogP contribution is 2.42. The number of fused-ring (bicyclic) bond motifs is 2. The molecule has 3 heterocycles. The molecule has 1 aliphatic rings. The second-order valence-electron chi connectivity index (χ2n) is 8.35. The van der Waals surface area contributed by atoms with Gasteiger partial charge in [-0.1, -0.05) is 18.7 Å². The highest BCUT2D eigenvalue weighted by Gasteiger charge is 2.25. The van der Waals surface area contributed by atoms with Gasteiger partial charge < -0.3 is 10.2 Å². The molecule has 2 aromatic carbocycles. The molecule has 5 rings (SSSR count). The van der Waals surface area contributed by atoms with Gasteiger partial charge in [0.25, 0.3) is 6.43 Å². The summed E-state index contributed by atoms with van der Waals surface area (Å²) in [4.78, 5) is 6.57. The highest BCUT2D eigenvalue weighted by molar-refractivity contribution is 5.97. The molecule has 0 bridgehead atoms. The Bertz CT molecular complexity index is 1360. The van der Waals surface area contributed by atoms with E-state index in [2.05, 4.69) is 32.9 Å². The van der Waals surface area contributed by atoms with Gasteiger partial charge in [0.05, 0.1) is 18.1 Å². The topological polar surface area (TPSA) is 46.0 Å². The molecule has 1 N–H and O–H groups in total. The largest absolute Gasteiger partial charge is 0.388 e. The predicted octanol–water partition coefficient (Wildman–Crippen LogP) is 5.85. The molecule has 33 heavy (non-hydrogen) atoms. The molecule has 0 saturated heterocycles. The Kier molecular flexibility index (Phi) is 5.32. The SMILES string of the molecule is C=C(NC)c1ccc2cncc(N3CCCc4cc(-c5cnn(C)c5)c(C(F)F)cc43)c2c1. The molecule has 0 unspecified atom stereocenters. The van der Waals surface area contributed by atoms with E-state index in [0.29, 0.717) is 11.1 Å². The molecule has 7 heteroatoms. The van der Waals surface area contributed by atoms with Gasteiger partial charge in [-0.3, -0.25) is 9.67 Å². The Morgan fingerprint density at radius 2 is 1.97 bits per heavy atom. The Hall–Kier alpha value is -3.74. The average Bonchev–Trinajstić information content (AvgIpc) is 3.27. The third-order valence-corrected chi connectivity index (χ3v) is 6.30. The molecular formula is C26H25F2N5. The minimum Gasteiger partial charge on any atom is -0.388 e. The molecule has 0 radical (unpaired) electrons. The number of benzene rings is 2. The van der Waals surface area contributed by atoms with Crippen LogP contribution in [0.25, 0.3) is 27.6 Å². The third kappa shape index (κ3) is 3.73. The number of aromatic nitrogens is 3. The number of halogens is 2. The van der Waals surface area contributed by atoms with Gasteiger partial charge in [-0.25, -0.2) is 8.78 Å². The summed E-state index contributed by atoms with van der Waals surface area (Å²) in [7, 11) is 3.63. The molecule has 5 nitrogen and oxygen atoms in total. The first kappa shape index (κ1) is 21.1. The maximum absolute atomic E-state index is 14.2. The Morgan fingerprint density at radius 3 is 2.70 bits per heavy atom. The number of hydrogen-bond donors (Lipinski definition) is 1. The molecule has 0 amide bonds. The fourth-order valence-corrected chi connectivity index (χ4v) is 4.59. The number of pyridine rings is 1. The Morgan fingerprint density at radius 1 is 1.12 bits per heavy atom. The summed E-state index contributed by atoms with van der Waals surface area (Å²) < 4.78 is 30.0. The molecule has 168 valence electrons. The van der Waals surface area contributed by atoms with Crippen LogP contribution in [0.1, 0.15) is 29.5 Å². The Balaban J connectivity index is 1.68. The van der Waals surface area contributed by atoms with Crippen LogP contribution in [-0.4, -0.2) is 28.4 Å². The Labute approximate surface area is 191 Å². The maximum atomic E-state index is 14.2. The van der Waals surface area contributed by atoms with Gasteiger partial charge in [0.1, 0.15) is 0 Å². The van der Waals surface area contributed by atoms with Crippen molar-refractivity contribution in [2.45, 2.75) is 19.3 Å². The van der Waals surface area contributed by atoms with Crippen LogP contribution in [0.15, 0.2) is 61.7 Å². The van der Waals surface area contributed by atoms with Crippen molar-refractivity contribution in [2.75, 3.05) is 18.5 Å². The zero-order valence-electron chi connectivity index (χ0n) is 18.6. The van der Waals surface area contributed by atoms with Gasteiger partial charge in [-0.15, -0.1) is 0 Å². The van der Waals surface area contributed by atoms with Gasteiger partial charge in [0.2, 0.25) is 0 Å². The number of anilines is 2. The van der Waals surface area contributed by atoms with E-state index in [0.717, 1.165) is 58.4 Å². The maximum Gasteiger partial charge on any atom is 0.264 e. The van der Waals surface area contributed by atoms with E-state index in [9.17, 15) is 8.78 Å². The van der Waals surface area contributed by atoms with E-state index in [1.54, 1.807) is 30.2 Å². The molecule has 0 fully saturated rings. The zero-order chi connectivity index (χ0) is 23.1. The van der Waals surface area contributed by atoms with Crippen LogP contribution in [0.3, 0.4) is 0 Å². The van der Waals surface area contributed by atoms with Crippen molar-refractivity contribution in [2.24, 2.45) is 7.05 Å². The van der Waals surface area contributed by atoms with Crippen LogP contribution in [0.2, 0.25) is 0 Å². The molecular weight excluding hydrogens is 420 g/mol. The lowest BCUT2D eigenvalue weighted by Gasteiger charge is -2.33. The van der Waals surface area contributed by atoms with Crippen LogP contribution < -0.4 is 10.2 Å². The van der Waals surface area contributed by atoms with Gasteiger partial charge >= 0.3 is 0 Å². The molecule has 0 atom stereocenters. The first-order chi connectivity index (χ1) is 16.0. The fourth-order valence-electron chi connectivity index (χ4n) is 4.59. The summed E-state index contributed by atoms with van der Waals surface area (Å²) in [6, 6.07) is 9.66. The zero-order valence-corrected chi connectivity index (χ0v) is 18.6. The van der Waals surface area contributed by atoms with Crippen molar-refractivity contribution < 1.29 is 8.78 Å². The lowest BCUT2D eigenvalue weighted by atomic mass is 9.92. The summed E-state index contributed by atoms with van der Waals surface area (Å²) in [6.45, 7) is 4.81. The molecule has 0 spiro atoms. The second kappa shape index (κ2) is 8.31. The summed E-state index contributed by atoms with van der Waals surface area (Å²) in [6.07, 6.45) is 6.23. The number of nitrogens with zero attached hydrogens (tertiary/aromatic N) is 4. The number of nitrogens with one attached hydrogen (secondary N) is 1. The van der Waals surface area contributed by atoms with Crippen molar-refractivity contribution in [1.29, 1.82) is 0 Å². The van der Waals surface area contributed by atoms with Gasteiger partial charge in [-0.05, 0) is 47.7 Å². The number of hydrogen-bond acceptors (Lipinski definition) is 4. The van der Waals surface area contributed by atoms with E-state index >= 15 is 0 Å². The van der Waals surface area contributed by atoms with E-state index in [-0.39, 0.29) is 5.56 Å². The molecule has 0 saturated carbocycles. The second-order valence-corrected chi connectivity index (χ2v) is 8.35. The standard InChI is InChI=1S/C26H25F2N5/c1-16(29-2)17-6-7-19-12-30-14-25(22(19)9-17)33-8-4-5-18-10-21(20-13-31-32(3)15-20)23(26(27)28)11-24(18)33/h6-7,9-15,26,29H,1,4-5,8H2,2-3H3. The first-order valence-corrected chi connectivity index (χ1v) is 10.9. The van der Waals surface area contributed by atoms with Gasteiger partial charge in [0, 0.05) is 66.3 Å². The van der Waals surface area contributed by atoms with E-state index < -0.39 is 6.43 Å². The summed E-state index contributed by atoms with van der Waals surface area (Å²) >= 11 is 0. The third-order valence-electron chi connectivity index (χ3n) is 6.30. The van der Waals surface area contributed by atoms with Gasteiger partial charge in [0.15, 0.2) is 0 Å². The normalized spacial score (nSPS) is 13.4. The van der Waals surface area contributed by atoms with Crippen LogP contribution in [0.5, 0.6) is 0 Å². The predicted molar refractivity (Wildman–Crippen MR) is 129 cm³/mol. The summed E-state index contributed by atoms with van der Waals surface area (Å²) in [5.41, 5.74) is 5.85. The summed E-state index contributed by atoms with van der Waals surface area (Å²) in [5.74, 6) is 0. The average molecular weight is 446 g/mol. The van der Waals surface area contributed by atoms with Crippen LogP contribution in [0, 0.1) is 0 Å².